The summed E-state index contributed by atoms with van der Waals surface area (Å²) in [4.78, 5) is 30.8. The molecule has 1 aliphatic heterocycles. The number of aliphatic hydroxyl groups excluding tert-OH is 1. The van der Waals surface area contributed by atoms with Crippen molar-refractivity contribution < 1.29 is 27.9 Å². The lowest BCUT2D eigenvalue weighted by Crippen LogP contribution is -2.54. The van der Waals surface area contributed by atoms with Crippen LogP contribution in [0.2, 0.25) is 0 Å². The minimum atomic E-state index is -4.43. The minimum Gasteiger partial charge on any atom is -0.382 e. The van der Waals surface area contributed by atoms with E-state index in [1.165, 1.54) is 13.0 Å². The van der Waals surface area contributed by atoms with Crippen LogP contribution in [0.15, 0.2) is 66.7 Å². The van der Waals surface area contributed by atoms with E-state index in [0.717, 1.165) is 85.8 Å². The van der Waals surface area contributed by atoms with Crippen LogP contribution < -0.4 is 26.6 Å². The van der Waals surface area contributed by atoms with Gasteiger partial charge in [0.15, 0.2) is 5.82 Å². The molecule has 6 N–H and O–H groups in total. The number of fused-ring (bicyclic) bond motifs is 1. The summed E-state index contributed by atoms with van der Waals surface area (Å²) in [5, 5.41) is 30.2. The number of piperazine rings is 1. The first-order valence-electron chi connectivity index (χ1n) is 20.4. The number of rotatable bonds is 18. The molecule has 314 valence electrons. The molecular formula is C44H59F3N8O3. The summed E-state index contributed by atoms with van der Waals surface area (Å²) in [6.07, 6.45) is -2.36. The molecule has 0 bridgehead atoms. The zero-order valence-electron chi connectivity index (χ0n) is 34.3. The molecule has 4 atom stereocenters. The van der Waals surface area contributed by atoms with E-state index in [-0.39, 0.29) is 17.4 Å². The zero-order valence-corrected chi connectivity index (χ0v) is 34.3. The second-order valence-electron chi connectivity index (χ2n) is 15.9. The monoisotopic (exact) mass is 804 g/mol. The Morgan fingerprint density at radius 2 is 1.60 bits per heavy atom. The highest BCUT2D eigenvalue weighted by Crippen LogP contribution is 2.36. The Hall–Kier alpha value is -4.79. The summed E-state index contributed by atoms with van der Waals surface area (Å²) in [7, 11) is 0. The van der Waals surface area contributed by atoms with Crippen LogP contribution in [0.5, 0.6) is 0 Å². The van der Waals surface area contributed by atoms with Crippen LogP contribution in [0.3, 0.4) is 0 Å². The maximum atomic E-state index is 13.6. The molecule has 0 saturated carbocycles. The number of hydrogen-bond acceptors (Lipinski definition) is 9. The molecule has 1 fully saturated rings. The Balaban J connectivity index is 1.06. The van der Waals surface area contributed by atoms with E-state index in [1.54, 1.807) is 6.07 Å². The molecule has 3 aromatic carbocycles. The van der Waals surface area contributed by atoms with Crippen molar-refractivity contribution in [2.75, 3.05) is 49.5 Å². The number of hydrogen-bond donors (Lipinski definition) is 5. The normalized spacial score (nSPS) is 15.9. The first-order valence-corrected chi connectivity index (χ1v) is 20.4. The third-order valence-electron chi connectivity index (χ3n) is 11.0. The zero-order chi connectivity index (χ0) is 42.0. The van der Waals surface area contributed by atoms with Crippen LogP contribution in [0, 0.1) is 19.8 Å². The van der Waals surface area contributed by atoms with Crippen molar-refractivity contribution >= 4 is 34.1 Å². The molecule has 58 heavy (non-hydrogen) atoms. The number of nitrogens with zero attached hydrogens (tertiary/aromatic N) is 4. The van der Waals surface area contributed by atoms with Crippen molar-refractivity contribution in [2.45, 2.75) is 97.1 Å². The van der Waals surface area contributed by atoms with Gasteiger partial charge in [-0.3, -0.25) is 14.5 Å². The van der Waals surface area contributed by atoms with Gasteiger partial charge in [-0.25, -0.2) is 0 Å². The van der Waals surface area contributed by atoms with Crippen molar-refractivity contribution in [1.29, 1.82) is 0 Å². The predicted octanol–water partition coefficient (Wildman–Crippen LogP) is 6.31. The number of amides is 2. The summed E-state index contributed by atoms with van der Waals surface area (Å²) in [5.41, 5.74) is 8.99. The summed E-state index contributed by atoms with van der Waals surface area (Å²) in [6.45, 7) is 14.1. The van der Waals surface area contributed by atoms with Crippen LogP contribution in [0.4, 0.5) is 24.7 Å². The smallest absolute Gasteiger partial charge is 0.382 e. The van der Waals surface area contributed by atoms with Crippen molar-refractivity contribution in [1.82, 2.24) is 25.7 Å². The lowest BCUT2D eigenvalue weighted by molar-refractivity contribution is -0.138. The van der Waals surface area contributed by atoms with Crippen LogP contribution in [0.25, 0.3) is 10.8 Å². The van der Waals surface area contributed by atoms with E-state index in [4.69, 9.17) is 5.73 Å². The molecule has 2 heterocycles. The third kappa shape index (κ3) is 11.9. The standard InChI is InChI=1S/C44H59F3N8O3/c1-28(2)25-39(51-43(58)40(56)38(48)26-32-13-8-6-9-14-32)42(57)49-19-10-7-11-20-54-21-23-55(24-22-54)33-17-18-35-31(5)52-53-41(36(35)27-33)50-30(4)34-15-12-16-37(29(34)3)44(45,46)47/h6,8-9,12-18,27-28,30,38-40,56H,7,10-11,19-26,48H2,1-5H3,(H,49,57)(H,50,53)(H,51,58). The van der Waals surface area contributed by atoms with Gasteiger partial charge < -0.3 is 31.7 Å². The number of halogens is 3. The maximum absolute atomic E-state index is 13.6. The molecule has 11 nitrogen and oxygen atoms in total. The van der Waals surface area contributed by atoms with E-state index in [9.17, 15) is 27.9 Å². The van der Waals surface area contributed by atoms with Gasteiger partial charge in [-0.05, 0) is 93.8 Å². The lowest BCUT2D eigenvalue weighted by atomic mass is 9.97. The molecule has 5 rings (SSSR count). The summed E-state index contributed by atoms with van der Waals surface area (Å²) in [6, 6.07) is 17.9. The number of nitrogens with two attached hydrogens (primary N) is 1. The number of aliphatic hydroxyl groups is 1. The number of aryl methyl sites for hydroxylation is 1. The number of benzene rings is 3. The lowest BCUT2D eigenvalue weighted by Gasteiger charge is -2.36. The number of aromatic nitrogens is 2. The first-order chi connectivity index (χ1) is 27.6. The number of carbonyl (C=O) groups is 2. The molecule has 1 aromatic heterocycles. The third-order valence-corrected chi connectivity index (χ3v) is 11.0. The van der Waals surface area contributed by atoms with E-state index >= 15 is 0 Å². The molecule has 4 unspecified atom stereocenters. The van der Waals surface area contributed by atoms with Gasteiger partial charge in [0.2, 0.25) is 5.91 Å². The summed E-state index contributed by atoms with van der Waals surface area (Å²) < 4.78 is 40.9. The van der Waals surface area contributed by atoms with Gasteiger partial charge >= 0.3 is 6.18 Å². The Labute approximate surface area is 340 Å². The number of anilines is 2. The Bertz CT molecular complexity index is 1970. The Kier molecular flexibility index (Phi) is 15.5. The van der Waals surface area contributed by atoms with E-state index in [1.807, 2.05) is 64.1 Å². The van der Waals surface area contributed by atoms with E-state index < -0.39 is 41.9 Å². The molecule has 0 spiro atoms. The van der Waals surface area contributed by atoms with Gasteiger partial charge in [0.05, 0.1) is 17.3 Å². The summed E-state index contributed by atoms with van der Waals surface area (Å²) >= 11 is 0. The number of alkyl halides is 3. The Morgan fingerprint density at radius 1 is 0.879 bits per heavy atom. The van der Waals surface area contributed by atoms with E-state index in [2.05, 4.69) is 48.1 Å². The predicted molar refractivity (Wildman–Crippen MR) is 224 cm³/mol. The van der Waals surface area contributed by atoms with Crippen molar-refractivity contribution in [3.8, 4) is 0 Å². The fourth-order valence-electron chi connectivity index (χ4n) is 7.65. The van der Waals surface area contributed by atoms with Crippen molar-refractivity contribution in [3.05, 3.63) is 94.7 Å². The molecule has 0 radical (unpaired) electrons. The first kappa shape index (κ1) is 44.3. The van der Waals surface area contributed by atoms with Crippen LogP contribution in [-0.4, -0.2) is 89.5 Å². The molecule has 14 heteroatoms. The number of carbonyl (C=O) groups excluding carboxylic acids is 2. The van der Waals surface area contributed by atoms with Gasteiger partial charge in [0, 0.05) is 55.2 Å². The maximum Gasteiger partial charge on any atom is 0.416 e. The minimum absolute atomic E-state index is 0.153. The second-order valence-corrected chi connectivity index (χ2v) is 15.9. The van der Waals surface area contributed by atoms with Crippen LogP contribution in [-0.2, 0) is 22.2 Å². The number of unbranched alkanes of at least 4 members (excludes halogenated alkanes) is 2. The fraction of sp³-hybridized carbons (Fsp3) is 0.500. The molecule has 4 aromatic rings. The van der Waals surface area contributed by atoms with Gasteiger partial charge in [-0.15, -0.1) is 5.10 Å². The fourth-order valence-corrected chi connectivity index (χ4v) is 7.65. The van der Waals surface area contributed by atoms with Crippen LogP contribution >= 0.6 is 0 Å². The molecule has 2 amide bonds. The molecule has 0 aliphatic carbocycles. The highest BCUT2D eigenvalue weighted by Gasteiger charge is 2.33. The van der Waals surface area contributed by atoms with Gasteiger partial charge in [-0.1, -0.05) is 68.8 Å². The average molecular weight is 805 g/mol. The van der Waals surface area contributed by atoms with Gasteiger partial charge in [0.25, 0.3) is 5.91 Å². The Morgan fingerprint density at radius 3 is 2.29 bits per heavy atom. The van der Waals surface area contributed by atoms with Gasteiger partial charge in [0.1, 0.15) is 12.1 Å². The number of nitrogens with one attached hydrogen (secondary N) is 3. The molecular weight excluding hydrogens is 746 g/mol. The molecule has 1 aliphatic rings. The van der Waals surface area contributed by atoms with Crippen LogP contribution in [0.1, 0.15) is 80.4 Å². The average Bonchev–Trinajstić information content (AvgIpc) is 3.19. The molecule has 1 saturated heterocycles. The van der Waals surface area contributed by atoms with Crippen molar-refractivity contribution in [2.24, 2.45) is 11.7 Å². The summed E-state index contributed by atoms with van der Waals surface area (Å²) in [5.74, 6) is -0.227. The van der Waals surface area contributed by atoms with E-state index in [0.29, 0.717) is 30.8 Å². The largest absolute Gasteiger partial charge is 0.416 e. The highest BCUT2D eigenvalue weighted by atomic mass is 19.4. The SMILES string of the molecule is Cc1c(C(C)Nc2nnc(C)c3ccc(N4CCN(CCCCCNC(=O)C(CC(C)C)NC(=O)C(O)C(N)Cc5ccccc5)CC4)cc23)cccc1C(F)(F)F. The van der Waals surface area contributed by atoms with Gasteiger partial charge in [-0.2, -0.15) is 18.3 Å². The quantitative estimate of drug-likeness (QED) is 0.0731. The topological polar surface area (TPSA) is 149 Å². The second kappa shape index (κ2) is 20.3. The van der Waals surface area contributed by atoms with Crippen molar-refractivity contribution in [3.63, 3.8) is 0 Å². The highest BCUT2D eigenvalue weighted by molar-refractivity contribution is 5.95.